The van der Waals surface area contributed by atoms with Gasteiger partial charge in [0, 0.05) is 18.0 Å². The van der Waals surface area contributed by atoms with Gasteiger partial charge in [0.05, 0.1) is 11.0 Å². The molecule has 0 radical (unpaired) electrons. The van der Waals surface area contributed by atoms with E-state index in [0.717, 1.165) is 10.4 Å². The molecule has 0 fully saturated rings. The Morgan fingerprint density at radius 1 is 1.10 bits per heavy atom. The lowest BCUT2D eigenvalue weighted by Crippen LogP contribution is -2.10. The van der Waals surface area contributed by atoms with E-state index in [2.05, 4.69) is 20.2 Å². The average Bonchev–Trinajstić information content (AvgIpc) is 3.02. The Morgan fingerprint density at radius 3 is 2.57 bits per heavy atom. The maximum atomic E-state index is 5.81. The number of hydrogen-bond donors (Lipinski definition) is 0. The number of rotatable bonds is 4. The normalized spacial score (nSPS) is 10.8. The minimum Gasteiger partial charge on any atom is -0.473 e. The third-order valence-corrected chi connectivity index (χ3v) is 3.56. The Morgan fingerprint density at radius 2 is 1.90 bits per heavy atom. The molecule has 3 aromatic rings. The monoisotopic (exact) mass is 298 g/mol. The van der Waals surface area contributed by atoms with Crippen molar-refractivity contribution in [2.45, 2.75) is 20.0 Å². The zero-order valence-corrected chi connectivity index (χ0v) is 12.5. The Kier molecular flexibility index (Phi) is 3.87. The fraction of sp³-hybridized carbons (Fsp3) is 0.200. The number of aromatic nitrogens is 4. The Balaban J connectivity index is 2.08. The highest BCUT2D eigenvalue weighted by Crippen LogP contribution is 2.29. The number of thiophene rings is 1. The van der Waals surface area contributed by atoms with Gasteiger partial charge in [0.1, 0.15) is 0 Å². The van der Waals surface area contributed by atoms with Gasteiger partial charge in [-0.25, -0.2) is 0 Å². The molecule has 6 heteroatoms. The summed E-state index contributed by atoms with van der Waals surface area (Å²) in [6.07, 6.45) is 3.44. The van der Waals surface area contributed by atoms with E-state index < -0.39 is 0 Å². The van der Waals surface area contributed by atoms with Crippen molar-refractivity contribution in [3.05, 3.63) is 42.0 Å². The van der Waals surface area contributed by atoms with Crippen LogP contribution in [0, 0.1) is 0 Å². The topological polar surface area (TPSA) is 60.8 Å². The first kappa shape index (κ1) is 13.6. The van der Waals surface area contributed by atoms with Crippen LogP contribution in [0.1, 0.15) is 13.8 Å². The second kappa shape index (κ2) is 5.97. The summed E-state index contributed by atoms with van der Waals surface area (Å²) in [5, 5.41) is 10.5. The molecule has 3 aromatic heterocycles. The molecule has 0 aliphatic heterocycles. The zero-order chi connectivity index (χ0) is 14.7. The second-order valence-electron chi connectivity index (χ2n) is 4.67. The minimum absolute atomic E-state index is 0.0125. The van der Waals surface area contributed by atoms with Crippen molar-refractivity contribution in [1.29, 1.82) is 0 Å². The van der Waals surface area contributed by atoms with Crippen LogP contribution in [0.15, 0.2) is 42.0 Å². The van der Waals surface area contributed by atoms with Crippen LogP contribution in [0.5, 0.6) is 5.88 Å². The van der Waals surface area contributed by atoms with Crippen LogP contribution < -0.4 is 4.74 Å². The molecule has 5 nitrogen and oxygen atoms in total. The average molecular weight is 298 g/mol. The molecular weight excluding hydrogens is 284 g/mol. The van der Waals surface area contributed by atoms with Crippen molar-refractivity contribution in [2.24, 2.45) is 0 Å². The molecule has 0 aliphatic rings. The highest BCUT2D eigenvalue weighted by Gasteiger charge is 2.15. The van der Waals surface area contributed by atoms with Crippen LogP contribution >= 0.6 is 11.3 Å². The lowest BCUT2D eigenvalue weighted by Gasteiger charge is -2.12. The minimum atomic E-state index is 0.0125. The molecule has 3 heterocycles. The first-order chi connectivity index (χ1) is 10.2. The molecule has 3 rings (SSSR count). The molecular formula is C15H14N4OS. The number of ether oxygens (including phenoxy) is 1. The van der Waals surface area contributed by atoms with Crippen molar-refractivity contribution in [3.8, 4) is 27.8 Å². The molecule has 0 aliphatic carbocycles. The lowest BCUT2D eigenvalue weighted by molar-refractivity contribution is 0.232. The van der Waals surface area contributed by atoms with E-state index in [-0.39, 0.29) is 6.10 Å². The SMILES string of the molecule is CC(C)Oc1nc(-c2cccs2)nnc1-c1ccncc1. The van der Waals surface area contributed by atoms with Gasteiger partial charge in [-0.1, -0.05) is 6.07 Å². The Bertz CT molecular complexity index is 714. The van der Waals surface area contributed by atoms with E-state index in [1.807, 2.05) is 43.5 Å². The third kappa shape index (κ3) is 3.05. The van der Waals surface area contributed by atoms with Gasteiger partial charge in [0.25, 0.3) is 0 Å². The summed E-state index contributed by atoms with van der Waals surface area (Å²) in [4.78, 5) is 9.51. The molecule has 0 spiro atoms. The molecule has 21 heavy (non-hydrogen) atoms. The lowest BCUT2D eigenvalue weighted by atomic mass is 10.2. The Hall–Kier alpha value is -2.34. The molecule has 0 aromatic carbocycles. The van der Waals surface area contributed by atoms with E-state index in [1.54, 1.807) is 23.7 Å². The largest absolute Gasteiger partial charge is 0.473 e. The van der Waals surface area contributed by atoms with Crippen molar-refractivity contribution in [1.82, 2.24) is 20.2 Å². The number of pyridine rings is 1. The van der Waals surface area contributed by atoms with Crippen LogP contribution in [0.4, 0.5) is 0 Å². The molecule has 0 saturated carbocycles. The summed E-state index contributed by atoms with van der Waals surface area (Å²) in [7, 11) is 0. The van der Waals surface area contributed by atoms with Crippen molar-refractivity contribution in [2.75, 3.05) is 0 Å². The van der Waals surface area contributed by atoms with E-state index in [9.17, 15) is 0 Å². The molecule has 0 atom stereocenters. The summed E-state index contributed by atoms with van der Waals surface area (Å²) in [5.74, 6) is 1.08. The molecule has 106 valence electrons. The predicted molar refractivity (Wildman–Crippen MR) is 82.1 cm³/mol. The van der Waals surface area contributed by atoms with Gasteiger partial charge in [-0.15, -0.1) is 21.5 Å². The summed E-state index contributed by atoms with van der Waals surface area (Å²) < 4.78 is 5.81. The maximum absolute atomic E-state index is 5.81. The summed E-state index contributed by atoms with van der Waals surface area (Å²) in [6, 6.07) is 7.66. The van der Waals surface area contributed by atoms with E-state index >= 15 is 0 Å². The van der Waals surface area contributed by atoms with Gasteiger partial charge in [0.2, 0.25) is 5.88 Å². The fourth-order valence-corrected chi connectivity index (χ4v) is 2.47. The smallest absolute Gasteiger partial charge is 0.244 e. The molecule has 0 amide bonds. The molecule has 0 unspecified atom stereocenters. The van der Waals surface area contributed by atoms with E-state index in [1.165, 1.54) is 0 Å². The van der Waals surface area contributed by atoms with Crippen molar-refractivity contribution in [3.63, 3.8) is 0 Å². The standard InChI is InChI=1S/C15H14N4OS/c1-10(2)20-15-13(11-5-7-16-8-6-11)18-19-14(17-15)12-4-3-9-21-12/h3-10H,1-2H3. The van der Waals surface area contributed by atoms with Gasteiger partial charge < -0.3 is 4.74 Å². The maximum Gasteiger partial charge on any atom is 0.244 e. The highest BCUT2D eigenvalue weighted by molar-refractivity contribution is 7.13. The fourth-order valence-electron chi connectivity index (χ4n) is 1.82. The summed E-state index contributed by atoms with van der Waals surface area (Å²) in [5.41, 5.74) is 1.52. The summed E-state index contributed by atoms with van der Waals surface area (Å²) in [6.45, 7) is 3.92. The van der Waals surface area contributed by atoms with Gasteiger partial charge in [0.15, 0.2) is 11.5 Å². The first-order valence-corrected chi connectivity index (χ1v) is 7.47. The summed E-state index contributed by atoms with van der Waals surface area (Å²) >= 11 is 1.57. The third-order valence-electron chi connectivity index (χ3n) is 2.70. The molecule has 0 bridgehead atoms. The Labute approximate surface area is 126 Å². The van der Waals surface area contributed by atoms with Gasteiger partial charge in [-0.2, -0.15) is 4.98 Å². The van der Waals surface area contributed by atoms with Crippen molar-refractivity contribution < 1.29 is 4.74 Å². The first-order valence-electron chi connectivity index (χ1n) is 6.59. The highest BCUT2D eigenvalue weighted by atomic mass is 32.1. The quantitative estimate of drug-likeness (QED) is 0.738. The number of hydrogen-bond acceptors (Lipinski definition) is 6. The van der Waals surface area contributed by atoms with Crippen LogP contribution in [0.3, 0.4) is 0 Å². The second-order valence-corrected chi connectivity index (χ2v) is 5.62. The van der Waals surface area contributed by atoms with Crippen LogP contribution in [0.25, 0.3) is 22.0 Å². The van der Waals surface area contributed by atoms with E-state index in [0.29, 0.717) is 17.4 Å². The van der Waals surface area contributed by atoms with Gasteiger partial charge in [-0.3, -0.25) is 4.98 Å². The predicted octanol–water partition coefficient (Wildman–Crippen LogP) is 3.45. The zero-order valence-electron chi connectivity index (χ0n) is 11.7. The van der Waals surface area contributed by atoms with Crippen molar-refractivity contribution >= 4 is 11.3 Å². The number of nitrogens with zero attached hydrogens (tertiary/aromatic N) is 4. The van der Waals surface area contributed by atoms with Gasteiger partial charge >= 0.3 is 0 Å². The van der Waals surface area contributed by atoms with Crippen LogP contribution in [-0.2, 0) is 0 Å². The molecule has 0 N–H and O–H groups in total. The van der Waals surface area contributed by atoms with Crippen LogP contribution in [-0.4, -0.2) is 26.3 Å². The van der Waals surface area contributed by atoms with Gasteiger partial charge in [-0.05, 0) is 37.4 Å². The van der Waals surface area contributed by atoms with Crippen LogP contribution in [0.2, 0.25) is 0 Å². The van der Waals surface area contributed by atoms with E-state index in [4.69, 9.17) is 4.74 Å². The molecule has 0 saturated heterocycles.